The number of amides is 1. The highest BCUT2D eigenvalue weighted by Crippen LogP contribution is 2.43. The molecule has 1 N–H and O–H groups in total. The summed E-state index contributed by atoms with van der Waals surface area (Å²) in [6.07, 6.45) is 7.02. The molecule has 1 aliphatic heterocycles. The molecule has 26 heavy (non-hydrogen) atoms. The molecule has 1 amide bonds. The molecule has 0 radical (unpaired) electrons. The van der Waals surface area contributed by atoms with Gasteiger partial charge in [0.15, 0.2) is 0 Å². The van der Waals surface area contributed by atoms with E-state index in [4.69, 9.17) is 4.74 Å². The van der Waals surface area contributed by atoms with Crippen molar-refractivity contribution < 1.29 is 24.2 Å². The van der Waals surface area contributed by atoms with Gasteiger partial charge in [0, 0.05) is 6.54 Å². The third kappa shape index (κ3) is 4.62. The lowest BCUT2D eigenvalue weighted by Crippen LogP contribution is -2.58. The molecule has 7 nitrogen and oxygen atoms in total. The van der Waals surface area contributed by atoms with Crippen molar-refractivity contribution in [2.75, 3.05) is 13.1 Å². The molecule has 1 atom stereocenters. The summed E-state index contributed by atoms with van der Waals surface area (Å²) in [5.74, 6) is -1.86. The summed E-state index contributed by atoms with van der Waals surface area (Å²) in [5.41, 5.74) is -1.74. The van der Waals surface area contributed by atoms with Gasteiger partial charge in [-0.3, -0.25) is 9.79 Å². The van der Waals surface area contributed by atoms with E-state index in [9.17, 15) is 19.5 Å². The van der Waals surface area contributed by atoms with E-state index in [2.05, 4.69) is 4.99 Å². The van der Waals surface area contributed by atoms with Crippen LogP contribution in [0.5, 0.6) is 0 Å². The van der Waals surface area contributed by atoms with Gasteiger partial charge in [-0.15, -0.1) is 0 Å². The summed E-state index contributed by atoms with van der Waals surface area (Å²) in [4.78, 5) is 41.9. The van der Waals surface area contributed by atoms with Crippen LogP contribution in [0.25, 0.3) is 0 Å². The fourth-order valence-electron chi connectivity index (χ4n) is 4.20. The van der Waals surface area contributed by atoms with Crippen molar-refractivity contribution in [3.8, 4) is 0 Å². The molecule has 0 aromatic rings. The summed E-state index contributed by atoms with van der Waals surface area (Å²) < 4.78 is 5.11. The SMILES string of the molecule is CC(C)(C)OC(=O)C=NCC(=O)N1CCC[C@]1(C(=O)O)C1CCCCC1. The topological polar surface area (TPSA) is 96.3 Å². The van der Waals surface area contributed by atoms with Crippen molar-refractivity contribution in [2.24, 2.45) is 10.9 Å². The molecule has 2 rings (SSSR count). The molecular weight excluding hydrogens is 336 g/mol. The fraction of sp³-hybridized carbons (Fsp3) is 0.789. The fourth-order valence-corrected chi connectivity index (χ4v) is 4.20. The Hall–Kier alpha value is -1.92. The van der Waals surface area contributed by atoms with E-state index in [1.807, 2.05) is 0 Å². The van der Waals surface area contributed by atoms with Crippen LogP contribution in [0.4, 0.5) is 0 Å². The molecule has 146 valence electrons. The first-order chi connectivity index (χ1) is 12.2. The first-order valence-corrected chi connectivity index (χ1v) is 9.43. The standard InChI is InChI=1S/C19H30N2O5/c1-18(2,3)26-16(23)13-20-12-15(22)21-11-7-10-19(21,17(24)25)14-8-5-4-6-9-14/h13-14H,4-12H2,1-3H3,(H,24,25)/t19-/m1/s1. The van der Waals surface area contributed by atoms with Crippen LogP contribution in [0.3, 0.4) is 0 Å². The van der Waals surface area contributed by atoms with Crippen LogP contribution in [0.15, 0.2) is 4.99 Å². The number of ether oxygens (including phenoxy) is 1. The number of carbonyl (C=O) groups is 3. The van der Waals surface area contributed by atoms with Crippen molar-refractivity contribution in [3.05, 3.63) is 0 Å². The molecule has 7 heteroatoms. The lowest BCUT2D eigenvalue weighted by Gasteiger charge is -2.42. The second-order valence-electron chi connectivity index (χ2n) is 8.22. The predicted molar refractivity (Wildman–Crippen MR) is 97.1 cm³/mol. The maximum absolute atomic E-state index is 12.7. The Morgan fingerprint density at radius 3 is 2.42 bits per heavy atom. The molecule has 1 saturated heterocycles. The quantitative estimate of drug-likeness (QED) is 0.595. The van der Waals surface area contributed by atoms with Gasteiger partial charge in [0.25, 0.3) is 0 Å². The van der Waals surface area contributed by atoms with Crippen LogP contribution in [0.1, 0.15) is 65.7 Å². The number of hydrogen-bond acceptors (Lipinski definition) is 5. The maximum atomic E-state index is 12.7. The number of carboxylic acid groups (broad SMARTS) is 1. The Balaban J connectivity index is 2.06. The Bertz CT molecular complexity index is 575. The molecule has 0 aromatic carbocycles. The van der Waals surface area contributed by atoms with Crippen LogP contribution in [0.2, 0.25) is 0 Å². The zero-order valence-electron chi connectivity index (χ0n) is 16.0. The summed E-state index contributed by atoms with van der Waals surface area (Å²) in [5, 5.41) is 9.97. The second-order valence-corrected chi connectivity index (χ2v) is 8.22. The third-order valence-corrected chi connectivity index (χ3v) is 5.20. The zero-order chi connectivity index (χ0) is 19.4. The van der Waals surface area contributed by atoms with Crippen molar-refractivity contribution in [3.63, 3.8) is 0 Å². The molecule has 2 fully saturated rings. The average Bonchev–Trinajstić information content (AvgIpc) is 3.00. The number of aliphatic carboxylic acids is 1. The van der Waals surface area contributed by atoms with E-state index in [1.165, 1.54) is 4.90 Å². The van der Waals surface area contributed by atoms with E-state index in [1.54, 1.807) is 20.8 Å². The van der Waals surface area contributed by atoms with Gasteiger partial charge < -0.3 is 14.7 Å². The lowest BCUT2D eigenvalue weighted by atomic mass is 9.73. The molecule has 0 spiro atoms. The molecule has 1 aliphatic carbocycles. The van der Waals surface area contributed by atoms with Crippen LogP contribution in [0, 0.1) is 5.92 Å². The first kappa shape index (κ1) is 20.4. The molecule has 1 saturated carbocycles. The predicted octanol–water partition coefficient (Wildman–Crippen LogP) is 2.42. The van der Waals surface area contributed by atoms with Gasteiger partial charge in [-0.1, -0.05) is 19.3 Å². The number of aliphatic imine (C=N–C) groups is 1. The molecule has 0 unspecified atom stereocenters. The van der Waals surface area contributed by atoms with Crippen LogP contribution >= 0.6 is 0 Å². The number of esters is 1. The van der Waals surface area contributed by atoms with Crippen LogP contribution in [-0.2, 0) is 19.1 Å². The van der Waals surface area contributed by atoms with E-state index < -0.39 is 23.1 Å². The average molecular weight is 366 g/mol. The van der Waals surface area contributed by atoms with Gasteiger partial charge in [-0.05, 0) is 52.4 Å². The first-order valence-electron chi connectivity index (χ1n) is 9.43. The second kappa shape index (κ2) is 8.18. The van der Waals surface area contributed by atoms with Gasteiger partial charge in [-0.2, -0.15) is 0 Å². The minimum Gasteiger partial charge on any atom is -0.479 e. The summed E-state index contributed by atoms with van der Waals surface area (Å²) in [7, 11) is 0. The Labute approximate surface area is 154 Å². The van der Waals surface area contributed by atoms with E-state index in [0.29, 0.717) is 19.4 Å². The van der Waals surface area contributed by atoms with Crippen molar-refractivity contribution >= 4 is 24.1 Å². The molecular formula is C19H30N2O5. The minimum atomic E-state index is -1.11. The van der Waals surface area contributed by atoms with E-state index in [-0.39, 0.29) is 18.4 Å². The van der Waals surface area contributed by atoms with Gasteiger partial charge in [-0.25, -0.2) is 9.59 Å². The highest BCUT2D eigenvalue weighted by Gasteiger charge is 2.54. The number of rotatable bonds is 5. The molecule has 0 bridgehead atoms. The number of hydrogen-bond donors (Lipinski definition) is 1. The minimum absolute atomic E-state index is 0.00460. The normalized spacial score (nSPS) is 24.8. The Morgan fingerprint density at radius 2 is 1.85 bits per heavy atom. The maximum Gasteiger partial charge on any atom is 0.349 e. The number of nitrogens with zero attached hydrogens (tertiary/aromatic N) is 2. The smallest absolute Gasteiger partial charge is 0.349 e. The Kier molecular flexibility index (Phi) is 6.42. The van der Waals surface area contributed by atoms with E-state index in [0.717, 1.165) is 38.3 Å². The van der Waals surface area contributed by atoms with Gasteiger partial charge in [0.1, 0.15) is 23.9 Å². The monoisotopic (exact) mass is 366 g/mol. The van der Waals surface area contributed by atoms with Crippen LogP contribution < -0.4 is 0 Å². The third-order valence-electron chi connectivity index (χ3n) is 5.20. The van der Waals surface area contributed by atoms with Crippen LogP contribution in [-0.4, -0.2) is 58.3 Å². The van der Waals surface area contributed by atoms with Gasteiger partial charge in [0.2, 0.25) is 5.91 Å². The Morgan fingerprint density at radius 1 is 1.19 bits per heavy atom. The number of likely N-dealkylation sites (tertiary alicyclic amines) is 1. The molecule has 2 aliphatic rings. The largest absolute Gasteiger partial charge is 0.479 e. The molecule has 0 aromatic heterocycles. The van der Waals surface area contributed by atoms with Gasteiger partial charge >= 0.3 is 11.9 Å². The van der Waals surface area contributed by atoms with Crippen molar-refractivity contribution in [2.45, 2.75) is 76.9 Å². The summed E-state index contributed by atoms with van der Waals surface area (Å²) in [6.45, 7) is 5.45. The van der Waals surface area contributed by atoms with Crippen molar-refractivity contribution in [1.29, 1.82) is 0 Å². The summed E-state index contributed by atoms with van der Waals surface area (Å²) in [6, 6.07) is 0. The zero-order valence-corrected chi connectivity index (χ0v) is 16.0. The van der Waals surface area contributed by atoms with Gasteiger partial charge in [0.05, 0.1) is 0 Å². The van der Waals surface area contributed by atoms with E-state index >= 15 is 0 Å². The highest BCUT2D eigenvalue weighted by molar-refractivity contribution is 6.23. The highest BCUT2D eigenvalue weighted by atomic mass is 16.6. The lowest BCUT2D eigenvalue weighted by molar-refractivity contribution is -0.161. The number of carbonyl (C=O) groups excluding carboxylic acids is 2. The van der Waals surface area contributed by atoms with Crippen molar-refractivity contribution in [1.82, 2.24) is 4.90 Å². The molecule has 1 heterocycles. The number of carboxylic acids is 1. The summed E-state index contributed by atoms with van der Waals surface area (Å²) >= 11 is 0.